The summed E-state index contributed by atoms with van der Waals surface area (Å²) in [7, 11) is 0. The fraction of sp³-hybridized carbons (Fsp3) is 0.571. The zero-order valence-corrected chi connectivity index (χ0v) is 13.3. The molecule has 0 saturated heterocycles. The minimum absolute atomic E-state index is 0.391. The van der Waals surface area contributed by atoms with E-state index >= 15 is 0 Å². The maximum Gasteiger partial charge on any atom is 0.243 e. The van der Waals surface area contributed by atoms with Crippen molar-refractivity contribution in [2.45, 2.75) is 27.7 Å². The van der Waals surface area contributed by atoms with E-state index in [0.29, 0.717) is 22.7 Å². The number of nitrogens with one attached hydrogen (secondary N) is 1. The van der Waals surface area contributed by atoms with Crippen LogP contribution in [-0.4, -0.2) is 21.1 Å². The number of fused-ring (bicyclic) bond motifs is 1. The Bertz CT molecular complexity index is 615. The van der Waals surface area contributed by atoms with Gasteiger partial charge in [-0.25, -0.2) is 4.52 Å². The molecule has 0 aliphatic heterocycles. The normalized spacial score (nSPS) is 20.7. The molecule has 0 bridgehead atoms. The minimum Gasteiger partial charge on any atom is -0.353 e. The topological polar surface area (TPSA) is 42.2 Å². The molecular formula is C14H19BrN4. The number of pyridine rings is 1. The third-order valence-corrected chi connectivity index (χ3v) is 5.55. The van der Waals surface area contributed by atoms with E-state index in [1.165, 1.54) is 0 Å². The van der Waals surface area contributed by atoms with Crippen LogP contribution in [0.1, 0.15) is 27.7 Å². The highest BCUT2D eigenvalue weighted by atomic mass is 79.9. The monoisotopic (exact) mass is 322 g/mol. The van der Waals surface area contributed by atoms with Gasteiger partial charge in [0.2, 0.25) is 5.95 Å². The Kier molecular flexibility index (Phi) is 2.68. The Morgan fingerprint density at radius 3 is 2.58 bits per heavy atom. The molecule has 0 radical (unpaired) electrons. The first-order valence-corrected chi connectivity index (χ1v) is 7.37. The van der Waals surface area contributed by atoms with Crippen molar-refractivity contribution in [1.29, 1.82) is 0 Å². The Morgan fingerprint density at radius 2 is 1.95 bits per heavy atom. The highest BCUT2D eigenvalue weighted by molar-refractivity contribution is 9.10. The number of hydrogen-bond donors (Lipinski definition) is 1. The number of hydrogen-bond acceptors (Lipinski definition) is 3. The fourth-order valence-corrected chi connectivity index (χ4v) is 3.30. The molecule has 1 N–H and O–H groups in total. The van der Waals surface area contributed by atoms with Gasteiger partial charge in [0.05, 0.1) is 0 Å². The summed E-state index contributed by atoms with van der Waals surface area (Å²) in [6.07, 6.45) is 1.92. The van der Waals surface area contributed by atoms with Gasteiger partial charge in [0.25, 0.3) is 0 Å². The molecule has 0 amide bonds. The van der Waals surface area contributed by atoms with Gasteiger partial charge in [-0.3, -0.25) is 0 Å². The quantitative estimate of drug-likeness (QED) is 0.939. The standard InChI is InChI=1S/C14H19BrN4/c1-13(2)10(14(13,3)4)7-16-12-17-11-6-5-9(15)8-19(11)18-12/h5-6,8,10H,7H2,1-4H3,(H,16,18). The van der Waals surface area contributed by atoms with E-state index in [0.717, 1.165) is 16.7 Å². The summed E-state index contributed by atoms with van der Waals surface area (Å²) in [5.74, 6) is 1.37. The van der Waals surface area contributed by atoms with Crippen LogP contribution in [0, 0.1) is 16.7 Å². The molecule has 0 unspecified atom stereocenters. The molecule has 0 atom stereocenters. The van der Waals surface area contributed by atoms with E-state index < -0.39 is 0 Å². The molecular weight excluding hydrogens is 304 g/mol. The van der Waals surface area contributed by atoms with Crippen molar-refractivity contribution >= 4 is 27.5 Å². The zero-order valence-electron chi connectivity index (χ0n) is 11.7. The first kappa shape index (κ1) is 12.9. The van der Waals surface area contributed by atoms with Gasteiger partial charge < -0.3 is 5.32 Å². The van der Waals surface area contributed by atoms with Gasteiger partial charge in [0, 0.05) is 17.2 Å². The van der Waals surface area contributed by atoms with Crippen molar-refractivity contribution in [2.75, 3.05) is 11.9 Å². The van der Waals surface area contributed by atoms with Gasteiger partial charge in [-0.2, -0.15) is 4.98 Å². The molecule has 19 heavy (non-hydrogen) atoms. The summed E-state index contributed by atoms with van der Waals surface area (Å²) in [4.78, 5) is 4.47. The molecule has 0 spiro atoms. The number of rotatable bonds is 3. The highest BCUT2D eigenvalue weighted by Crippen LogP contribution is 2.68. The Balaban J connectivity index is 1.73. The summed E-state index contributed by atoms with van der Waals surface area (Å²) < 4.78 is 2.79. The van der Waals surface area contributed by atoms with Crippen LogP contribution in [0.3, 0.4) is 0 Å². The maximum absolute atomic E-state index is 4.47. The number of anilines is 1. The van der Waals surface area contributed by atoms with E-state index in [4.69, 9.17) is 0 Å². The van der Waals surface area contributed by atoms with Gasteiger partial charge in [0.15, 0.2) is 5.65 Å². The van der Waals surface area contributed by atoms with Crippen LogP contribution >= 0.6 is 15.9 Å². The largest absolute Gasteiger partial charge is 0.353 e. The van der Waals surface area contributed by atoms with Crippen molar-refractivity contribution in [3.05, 3.63) is 22.8 Å². The molecule has 4 nitrogen and oxygen atoms in total. The lowest BCUT2D eigenvalue weighted by atomic mass is 10.0. The summed E-state index contributed by atoms with van der Waals surface area (Å²) in [6.45, 7) is 10.2. The third-order valence-electron chi connectivity index (χ3n) is 5.08. The molecule has 5 heteroatoms. The van der Waals surface area contributed by atoms with Crippen LogP contribution in [0.4, 0.5) is 5.95 Å². The second-order valence-electron chi connectivity index (χ2n) is 6.46. The highest BCUT2D eigenvalue weighted by Gasteiger charge is 2.64. The van der Waals surface area contributed by atoms with E-state index in [9.17, 15) is 0 Å². The summed E-state index contributed by atoms with van der Waals surface area (Å²) >= 11 is 3.43. The Labute approximate surface area is 121 Å². The first-order chi connectivity index (χ1) is 8.82. The van der Waals surface area contributed by atoms with Gasteiger partial charge in [-0.05, 0) is 44.8 Å². The van der Waals surface area contributed by atoms with Crippen molar-refractivity contribution in [3.63, 3.8) is 0 Å². The summed E-state index contributed by atoms with van der Waals surface area (Å²) in [5, 5.41) is 7.80. The first-order valence-electron chi connectivity index (χ1n) is 6.58. The predicted octanol–water partition coefficient (Wildman–Crippen LogP) is 3.59. The predicted molar refractivity (Wildman–Crippen MR) is 80.2 cm³/mol. The molecule has 3 rings (SSSR count). The van der Waals surface area contributed by atoms with Crippen molar-refractivity contribution in [2.24, 2.45) is 16.7 Å². The van der Waals surface area contributed by atoms with Crippen LogP contribution in [0.25, 0.3) is 5.65 Å². The van der Waals surface area contributed by atoms with E-state index in [1.807, 2.05) is 18.3 Å². The average Bonchev–Trinajstić information content (AvgIpc) is 2.63. The minimum atomic E-state index is 0.391. The lowest BCUT2D eigenvalue weighted by Crippen LogP contribution is -2.09. The van der Waals surface area contributed by atoms with E-state index in [2.05, 4.69) is 59.0 Å². The lowest BCUT2D eigenvalue weighted by molar-refractivity contribution is 0.457. The lowest BCUT2D eigenvalue weighted by Gasteiger charge is -2.04. The van der Waals surface area contributed by atoms with E-state index in [-0.39, 0.29) is 0 Å². The van der Waals surface area contributed by atoms with Gasteiger partial charge >= 0.3 is 0 Å². The van der Waals surface area contributed by atoms with Gasteiger partial charge in [-0.1, -0.05) is 27.7 Å². The molecule has 1 aliphatic rings. The molecule has 2 heterocycles. The molecule has 2 aromatic rings. The van der Waals surface area contributed by atoms with Crippen LogP contribution in [0.2, 0.25) is 0 Å². The molecule has 1 saturated carbocycles. The Hall–Kier alpha value is -1.10. The van der Waals surface area contributed by atoms with Gasteiger partial charge in [0.1, 0.15) is 0 Å². The number of aromatic nitrogens is 3. The molecule has 102 valence electrons. The second-order valence-corrected chi connectivity index (χ2v) is 7.38. The molecule has 2 aromatic heterocycles. The SMILES string of the molecule is CC1(C)C(CNc2nc3ccc(Br)cn3n2)C1(C)C. The maximum atomic E-state index is 4.47. The van der Waals surface area contributed by atoms with Gasteiger partial charge in [-0.15, -0.1) is 5.10 Å². The number of nitrogens with zero attached hydrogens (tertiary/aromatic N) is 3. The van der Waals surface area contributed by atoms with Crippen molar-refractivity contribution in [3.8, 4) is 0 Å². The molecule has 0 aromatic carbocycles. The smallest absolute Gasteiger partial charge is 0.243 e. The van der Waals surface area contributed by atoms with Crippen LogP contribution < -0.4 is 5.32 Å². The van der Waals surface area contributed by atoms with Crippen LogP contribution in [0.5, 0.6) is 0 Å². The Morgan fingerprint density at radius 1 is 1.26 bits per heavy atom. The summed E-state index contributed by atoms with van der Waals surface area (Å²) in [6, 6.07) is 3.92. The van der Waals surface area contributed by atoms with Crippen LogP contribution in [0.15, 0.2) is 22.8 Å². The van der Waals surface area contributed by atoms with Crippen LogP contribution in [-0.2, 0) is 0 Å². The van der Waals surface area contributed by atoms with Crippen molar-refractivity contribution in [1.82, 2.24) is 14.6 Å². The zero-order chi connectivity index (χ0) is 13.8. The third kappa shape index (κ3) is 1.95. The molecule has 1 aliphatic carbocycles. The fourth-order valence-electron chi connectivity index (χ4n) is 2.97. The van der Waals surface area contributed by atoms with E-state index in [1.54, 1.807) is 4.52 Å². The second kappa shape index (κ2) is 3.95. The summed E-state index contributed by atoms with van der Waals surface area (Å²) in [5.41, 5.74) is 1.64. The number of halogens is 1. The van der Waals surface area contributed by atoms with Crippen molar-refractivity contribution < 1.29 is 0 Å². The molecule has 1 fully saturated rings. The average molecular weight is 323 g/mol.